The molecule has 0 aliphatic carbocycles. The molecule has 1 heterocycles. The molecule has 5 heteroatoms. The fraction of sp³-hybridized carbons (Fsp3) is 0.158. The van der Waals surface area contributed by atoms with Crippen LogP contribution in [0.2, 0.25) is 5.02 Å². The number of nitrogens with zero attached hydrogens (tertiary/aromatic N) is 2. The molecule has 1 aromatic heterocycles. The van der Waals surface area contributed by atoms with Crippen molar-refractivity contribution in [2.75, 3.05) is 0 Å². The zero-order chi connectivity index (χ0) is 16.9. The Labute approximate surface area is 146 Å². The summed E-state index contributed by atoms with van der Waals surface area (Å²) in [6.45, 7) is 2.61. The molecule has 1 unspecified atom stereocenters. The maximum Gasteiger partial charge on any atom is 0.251 e. The smallest absolute Gasteiger partial charge is 0.251 e. The van der Waals surface area contributed by atoms with Crippen LogP contribution in [0.5, 0.6) is 0 Å². The van der Waals surface area contributed by atoms with Gasteiger partial charge in [-0.15, -0.1) is 0 Å². The van der Waals surface area contributed by atoms with E-state index in [2.05, 4.69) is 10.4 Å². The zero-order valence-electron chi connectivity index (χ0n) is 13.3. The van der Waals surface area contributed by atoms with E-state index >= 15 is 0 Å². The number of benzene rings is 2. The average Bonchev–Trinajstić information content (AvgIpc) is 3.08. The second kappa shape index (κ2) is 7.32. The van der Waals surface area contributed by atoms with E-state index in [0.717, 1.165) is 11.1 Å². The minimum Gasteiger partial charge on any atom is -0.345 e. The van der Waals surface area contributed by atoms with Crippen LogP contribution in [0, 0.1) is 0 Å². The van der Waals surface area contributed by atoms with Crippen LogP contribution in [0.3, 0.4) is 0 Å². The molecular formula is C19H18ClN3O. The molecule has 0 aliphatic heterocycles. The Balaban J connectivity index is 1.66. The number of hydrogen-bond acceptors (Lipinski definition) is 2. The Morgan fingerprint density at radius 3 is 2.58 bits per heavy atom. The van der Waals surface area contributed by atoms with Crippen LogP contribution < -0.4 is 5.32 Å². The van der Waals surface area contributed by atoms with Gasteiger partial charge in [-0.1, -0.05) is 41.9 Å². The van der Waals surface area contributed by atoms with Crippen molar-refractivity contribution in [2.45, 2.75) is 19.5 Å². The molecule has 1 amide bonds. The van der Waals surface area contributed by atoms with E-state index in [4.69, 9.17) is 11.6 Å². The van der Waals surface area contributed by atoms with Gasteiger partial charge in [0.2, 0.25) is 0 Å². The predicted octanol–water partition coefficient (Wildman–Crippen LogP) is 4.08. The van der Waals surface area contributed by atoms with Gasteiger partial charge in [-0.2, -0.15) is 5.10 Å². The van der Waals surface area contributed by atoms with Crippen molar-refractivity contribution in [3.63, 3.8) is 0 Å². The number of nitrogens with one attached hydrogen (secondary N) is 1. The van der Waals surface area contributed by atoms with Crippen LogP contribution in [0.1, 0.15) is 34.5 Å². The number of halogens is 1. The van der Waals surface area contributed by atoms with Crippen LogP contribution in [0.15, 0.2) is 67.0 Å². The number of carbonyl (C=O) groups is 1. The lowest BCUT2D eigenvalue weighted by molar-refractivity contribution is 0.0940. The van der Waals surface area contributed by atoms with E-state index < -0.39 is 0 Å². The van der Waals surface area contributed by atoms with Crippen molar-refractivity contribution in [3.05, 3.63) is 88.7 Å². The van der Waals surface area contributed by atoms with Crippen molar-refractivity contribution in [1.29, 1.82) is 0 Å². The predicted molar refractivity (Wildman–Crippen MR) is 95.1 cm³/mol. The van der Waals surface area contributed by atoms with Gasteiger partial charge in [0.05, 0.1) is 12.6 Å². The molecule has 2 aromatic carbocycles. The van der Waals surface area contributed by atoms with E-state index in [-0.39, 0.29) is 11.9 Å². The lowest BCUT2D eigenvalue weighted by Crippen LogP contribution is -2.26. The molecule has 122 valence electrons. The Morgan fingerprint density at radius 2 is 1.92 bits per heavy atom. The number of aromatic nitrogens is 2. The molecule has 0 aliphatic rings. The largest absolute Gasteiger partial charge is 0.345 e. The van der Waals surface area contributed by atoms with Gasteiger partial charge in [0.15, 0.2) is 0 Å². The topological polar surface area (TPSA) is 46.9 Å². The molecule has 0 radical (unpaired) electrons. The Morgan fingerprint density at radius 1 is 1.17 bits per heavy atom. The maximum absolute atomic E-state index is 12.4. The molecule has 0 saturated heterocycles. The fourth-order valence-corrected chi connectivity index (χ4v) is 2.83. The van der Waals surface area contributed by atoms with Crippen molar-refractivity contribution < 1.29 is 4.79 Å². The van der Waals surface area contributed by atoms with Gasteiger partial charge in [-0.05, 0) is 42.3 Å². The molecule has 0 bridgehead atoms. The molecule has 3 rings (SSSR count). The first-order valence-electron chi connectivity index (χ1n) is 7.75. The summed E-state index contributed by atoms with van der Waals surface area (Å²) < 4.78 is 1.84. The third kappa shape index (κ3) is 3.84. The summed E-state index contributed by atoms with van der Waals surface area (Å²) in [5.74, 6) is -0.118. The second-order valence-electron chi connectivity index (χ2n) is 5.62. The molecule has 0 fully saturated rings. The minimum atomic E-state index is -0.157. The zero-order valence-corrected chi connectivity index (χ0v) is 14.1. The highest BCUT2D eigenvalue weighted by Crippen LogP contribution is 2.22. The number of rotatable bonds is 5. The van der Waals surface area contributed by atoms with Gasteiger partial charge < -0.3 is 5.32 Å². The summed E-state index contributed by atoms with van der Waals surface area (Å²) >= 11 is 6.18. The molecule has 4 nitrogen and oxygen atoms in total. The quantitative estimate of drug-likeness (QED) is 0.761. The number of carbonyl (C=O) groups excluding carboxylic acids is 1. The fourth-order valence-electron chi connectivity index (χ4n) is 2.53. The third-order valence-corrected chi connectivity index (χ3v) is 4.18. The summed E-state index contributed by atoms with van der Waals surface area (Å²) in [5.41, 5.74) is 2.62. The van der Waals surface area contributed by atoms with Gasteiger partial charge in [0.1, 0.15) is 0 Å². The van der Waals surface area contributed by atoms with Crippen molar-refractivity contribution in [1.82, 2.24) is 15.1 Å². The van der Waals surface area contributed by atoms with Crippen LogP contribution >= 0.6 is 11.6 Å². The molecule has 3 aromatic rings. The van der Waals surface area contributed by atoms with Gasteiger partial charge in [0.25, 0.3) is 5.91 Å². The summed E-state index contributed by atoms with van der Waals surface area (Å²) in [6, 6.07) is 16.8. The Bertz CT molecular complexity index is 813. The van der Waals surface area contributed by atoms with Crippen LogP contribution in [0.25, 0.3) is 0 Å². The molecular weight excluding hydrogens is 322 g/mol. The average molecular weight is 340 g/mol. The van der Waals surface area contributed by atoms with E-state index in [0.29, 0.717) is 17.1 Å². The van der Waals surface area contributed by atoms with E-state index in [1.807, 2.05) is 72.4 Å². The summed E-state index contributed by atoms with van der Waals surface area (Å²) in [5, 5.41) is 7.81. The minimum absolute atomic E-state index is 0.118. The first kappa shape index (κ1) is 16.3. The number of hydrogen-bond donors (Lipinski definition) is 1. The summed E-state index contributed by atoms with van der Waals surface area (Å²) in [6.07, 6.45) is 3.66. The maximum atomic E-state index is 12.4. The monoisotopic (exact) mass is 339 g/mol. The van der Waals surface area contributed by atoms with Crippen LogP contribution in [0.4, 0.5) is 0 Å². The van der Waals surface area contributed by atoms with Crippen molar-refractivity contribution in [3.8, 4) is 0 Å². The molecule has 1 atom stereocenters. The highest BCUT2D eigenvalue weighted by molar-refractivity contribution is 6.31. The summed E-state index contributed by atoms with van der Waals surface area (Å²) in [4.78, 5) is 12.4. The Hall–Kier alpha value is -2.59. The third-order valence-electron chi connectivity index (χ3n) is 3.84. The van der Waals surface area contributed by atoms with E-state index in [1.54, 1.807) is 6.20 Å². The lowest BCUT2D eigenvalue weighted by atomic mass is 10.1. The first-order valence-corrected chi connectivity index (χ1v) is 8.13. The molecule has 0 spiro atoms. The van der Waals surface area contributed by atoms with E-state index in [1.165, 1.54) is 0 Å². The highest BCUT2D eigenvalue weighted by atomic mass is 35.5. The number of amides is 1. The van der Waals surface area contributed by atoms with Gasteiger partial charge in [0, 0.05) is 23.0 Å². The van der Waals surface area contributed by atoms with Crippen LogP contribution in [-0.2, 0) is 6.54 Å². The van der Waals surface area contributed by atoms with Crippen molar-refractivity contribution in [2.24, 2.45) is 0 Å². The lowest BCUT2D eigenvalue weighted by Gasteiger charge is -2.16. The Kier molecular flexibility index (Phi) is 4.96. The van der Waals surface area contributed by atoms with Crippen molar-refractivity contribution >= 4 is 17.5 Å². The normalized spacial score (nSPS) is 11.9. The van der Waals surface area contributed by atoms with E-state index in [9.17, 15) is 4.79 Å². The van der Waals surface area contributed by atoms with Gasteiger partial charge >= 0.3 is 0 Å². The molecule has 24 heavy (non-hydrogen) atoms. The van der Waals surface area contributed by atoms with Crippen LogP contribution in [-0.4, -0.2) is 15.7 Å². The van der Waals surface area contributed by atoms with Gasteiger partial charge in [-0.3, -0.25) is 9.48 Å². The second-order valence-corrected chi connectivity index (χ2v) is 6.02. The molecule has 0 saturated carbocycles. The highest BCUT2D eigenvalue weighted by Gasteiger charge is 2.13. The SMILES string of the molecule is CC(NC(=O)c1ccc(Cn2cccn2)cc1)c1ccccc1Cl. The first-order chi connectivity index (χ1) is 11.6. The van der Waals surface area contributed by atoms with Gasteiger partial charge in [-0.25, -0.2) is 0 Å². The standard InChI is InChI=1S/C19H18ClN3O/c1-14(17-5-2-3-6-18(17)20)22-19(24)16-9-7-15(8-10-16)13-23-12-4-11-21-23/h2-12,14H,13H2,1H3,(H,22,24). The molecule has 1 N–H and O–H groups in total. The summed E-state index contributed by atoms with van der Waals surface area (Å²) in [7, 11) is 0.